The van der Waals surface area contributed by atoms with Crippen LogP contribution in [0.1, 0.15) is 12.8 Å². The van der Waals surface area contributed by atoms with Gasteiger partial charge in [-0.15, -0.1) is 0 Å². The summed E-state index contributed by atoms with van der Waals surface area (Å²) < 4.78 is 6.39. The van der Waals surface area contributed by atoms with Crippen LogP contribution in [0.15, 0.2) is 40.3 Å². The summed E-state index contributed by atoms with van der Waals surface area (Å²) in [7, 11) is 2.13. The van der Waals surface area contributed by atoms with Crippen LogP contribution in [0.4, 0.5) is 11.6 Å². The van der Waals surface area contributed by atoms with Gasteiger partial charge in [-0.25, -0.2) is 4.98 Å². The van der Waals surface area contributed by atoms with Crippen LogP contribution in [0.25, 0.3) is 0 Å². The molecule has 0 radical (unpaired) electrons. The number of nitrogens with zero attached hydrogens (tertiary/aromatic N) is 4. The van der Waals surface area contributed by atoms with Crippen molar-refractivity contribution >= 4 is 29.3 Å². The van der Waals surface area contributed by atoms with Crippen LogP contribution in [-0.2, 0) is 4.79 Å². The number of nitrogens with two attached hydrogens (primary N) is 1. The molecule has 0 bridgehead atoms. The van der Waals surface area contributed by atoms with Gasteiger partial charge in [-0.05, 0) is 51.2 Å². The molecule has 0 atom stereocenters. The number of rotatable bonds is 7. The van der Waals surface area contributed by atoms with Gasteiger partial charge in [0.05, 0.1) is 17.6 Å². The van der Waals surface area contributed by atoms with Crippen molar-refractivity contribution in [1.82, 2.24) is 20.2 Å². The monoisotopic (exact) mass is 457 g/mol. The van der Waals surface area contributed by atoms with Crippen molar-refractivity contribution in [3.63, 3.8) is 0 Å². The second-order valence-corrected chi connectivity index (χ2v) is 9.19. The molecular formula is C22H31N7O2S. The maximum absolute atomic E-state index is 11.6. The van der Waals surface area contributed by atoms with E-state index in [0.717, 1.165) is 67.8 Å². The van der Waals surface area contributed by atoms with Crippen LogP contribution in [-0.4, -0.2) is 79.7 Å². The van der Waals surface area contributed by atoms with Gasteiger partial charge in [0, 0.05) is 36.8 Å². The highest BCUT2D eigenvalue weighted by Crippen LogP contribution is 2.36. The molecule has 4 N–H and O–H groups in total. The Hall–Kier alpha value is -2.40. The molecule has 3 heterocycles. The van der Waals surface area contributed by atoms with Gasteiger partial charge in [-0.3, -0.25) is 4.79 Å². The average molecular weight is 458 g/mol. The number of ether oxygens (including phenoxy) is 1. The first-order chi connectivity index (χ1) is 15.6. The molecule has 2 aromatic rings. The zero-order chi connectivity index (χ0) is 22.3. The Labute approximate surface area is 193 Å². The number of piperazine rings is 1. The molecular weight excluding hydrogens is 426 g/mol. The van der Waals surface area contributed by atoms with Gasteiger partial charge in [-0.1, -0.05) is 17.8 Å². The number of carbonyl (C=O) groups is 1. The van der Waals surface area contributed by atoms with Crippen LogP contribution in [0.3, 0.4) is 0 Å². The number of anilines is 2. The van der Waals surface area contributed by atoms with E-state index in [9.17, 15) is 4.79 Å². The third-order valence-corrected chi connectivity index (χ3v) is 6.58. The van der Waals surface area contributed by atoms with Gasteiger partial charge in [0.1, 0.15) is 6.10 Å². The van der Waals surface area contributed by atoms with Gasteiger partial charge in [0.2, 0.25) is 17.7 Å². The summed E-state index contributed by atoms with van der Waals surface area (Å²) in [4.78, 5) is 27.5. The lowest BCUT2D eigenvalue weighted by atomic mass is 10.1. The summed E-state index contributed by atoms with van der Waals surface area (Å²) in [5.74, 6) is 1.12. The number of likely N-dealkylation sites (N-methyl/N-ethyl adjacent to an activating group) is 1. The Morgan fingerprint density at radius 3 is 2.81 bits per heavy atom. The number of hydrogen-bond donors (Lipinski definition) is 3. The van der Waals surface area contributed by atoms with E-state index in [1.165, 1.54) is 11.8 Å². The molecule has 0 spiro atoms. The molecule has 1 aromatic carbocycles. The molecule has 2 fully saturated rings. The van der Waals surface area contributed by atoms with E-state index in [-0.39, 0.29) is 18.6 Å². The molecule has 0 saturated carbocycles. The summed E-state index contributed by atoms with van der Waals surface area (Å²) >= 11 is 1.53. The molecule has 0 unspecified atom stereocenters. The van der Waals surface area contributed by atoms with E-state index in [0.29, 0.717) is 11.6 Å². The molecule has 10 heteroatoms. The fraction of sp³-hybridized carbons (Fsp3) is 0.500. The minimum absolute atomic E-state index is 0.0484. The van der Waals surface area contributed by atoms with Crippen LogP contribution >= 0.6 is 11.8 Å². The van der Waals surface area contributed by atoms with Crippen LogP contribution < -0.4 is 26.0 Å². The van der Waals surface area contributed by atoms with Crippen molar-refractivity contribution in [2.45, 2.75) is 28.7 Å². The van der Waals surface area contributed by atoms with Crippen molar-refractivity contribution in [3.05, 3.63) is 30.5 Å². The lowest BCUT2D eigenvalue weighted by molar-refractivity contribution is -0.114. The van der Waals surface area contributed by atoms with Crippen molar-refractivity contribution in [3.8, 4) is 5.88 Å². The van der Waals surface area contributed by atoms with E-state index in [1.54, 1.807) is 0 Å². The summed E-state index contributed by atoms with van der Waals surface area (Å²) in [5, 5.41) is 6.17. The molecule has 2 saturated heterocycles. The number of amides is 1. The average Bonchev–Trinajstić information content (AvgIpc) is 2.81. The van der Waals surface area contributed by atoms with Crippen molar-refractivity contribution < 1.29 is 9.53 Å². The van der Waals surface area contributed by atoms with E-state index < -0.39 is 0 Å². The highest BCUT2D eigenvalue weighted by Gasteiger charge is 2.22. The fourth-order valence-corrected chi connectivity index (χ4v) is 4.58. The Kier molecular flexibility index (Phi) is 7.80. The predicted octanol–water partition coefficient (Wildman–Crippen LogP) is 1.41. The molecule has 172 valence electrons. The van der Waals surface area contributed by atoms with Crippen molar-refractivity contribution in [2.24, 2.45) is 5.73 Å². The van der Waals surface area contributed by atoms with Gasteiger partial charge in [-0.2, -0.15) is 4.98 Å². The quantitative estimate of drug-likeness (QED) is 0.568. The van der Waals surface area contributed by atoms with E-state index in [4.69, 9.17) is 15.5 Å². The molecule has 2 aliphatic heterocycles. The smallest absolute Gasteiger partial charge is 0.238 e. The molecule has 1 amide bonds. The van der Waals surface area contributed by atoms with Crippen LogP contribution in [0.5, 0.6) is 5.88 Å². The Morgan fingerprint density at radius 1 is 1.28 bits per heavy atom. The Morgan fingerprint density at radius 2 is 2.06 bits per heavy atom. The van der Waals surface area contributed by atoms with E-state index in [1.807, 2.05) is 30.5 Å². The number of carbonyl (C=O) groups excluding carboxylic acids is 1. The Bertz CT molecular complexity index is 915. The molecule has 4 rings (SSSR count). The summed E-state index contributed by atoms with van der Waals surface area (Å²) in [5.41, 5.74) is 6.12. The summed E-state index contributed by atoms with van der Waals surface area (Å²) in [6.45, 7) is 5.64. The van der Waals surface area contributed by atoms with Gasteiger partial charge >= 0.3 is 0 Å². The van der Waals surface area contributed by atoms with Gasteiger partial charge in [0.15, 0.2) is 0 Å². The lowest BCUT2D eigenvalue weighted by Gasteiger charge is -2.32. The second kappa shape index (κ2) is 11.0. The minimum Gasteiger partial charge on any atom is -0.473 e. The fourth-order valence-electron chi connectivity index (χ4n) is 3.71. The van der Waals surface area contributed by atoms with Gasteiger partial charge in [0.25, 0.3) is 0 Å². The number of nitrogens with one attached hydrogen (secondary N) is 2. The number of benzene rings is 1. The van der Waals surface area contributed by atoms with Crippen molar-refractivity contribution in [1.29, 1.82) is 0 Å². The normalized spacial score (nSPS) is 17.9. The first-order valence-corrected chi connectivity index (χ1v) is 11.9. The number of aromatic nitrogens is 2. The first-order valence-electron chi connectivity index (χ1n) is 11.1. The van der Waals surface area contributed by atoms with Crippen LogP contribution in [0, 0.1) is 0 Å². The second-order valence-electron chi connectivity index (χ2n) is 8.08. The third kappa shape index (κ3) is 6.10. The predicted molar refractivity (Wildman–Crippen MR) is 127 cm³/mol. The SMILES string of the molecule is CN1CCN(c2ncc(Sc3cccc(NC(=O)CN)c3)c(OC3CCNCC3)n2)CC1. The van der Waals surface area contributed by atoms with E-state index in [2.05, 4.69) is 32.5 Å². The zero-order valence-corrected chi connectivity index (χ0v) is 19.2. The minimum atomic E-state index is -0.220. The largest absolute Gasteiger partial charge is 0.473 e. The molecule has 1 aromatic heterocycles. The van der Waals surface area contributed by atoms with Crippen molar-refractivity contribution in [2.75, 3.05) is 63.1 Å². The number of hydrogen-bond acceptors (Lipinski definition) is 9. The molecule has 2 aliphatic rings. The van der Waals surface area contributed by atoms with Crippen LogP contribution in [0.2, 0.25) is 0 Å². The maximum atomic E-state index is 11.6. The first kappa shape index (κ1) is 22.8. The maximum Gasteiger partial charge on any atom is 0.238 e. The van der Waals surface area contributed by atoms with E-state index >= 15 is 0 Å². The highest BCUT2D eigenvalue weighted by atomic mass is 32.2. The third-order valence-electron chi connectivity index (χ3n) is 5.59. The molecule has 9 nitrogen and oxygen atoms in total. The highest BCUT2D eigenvalue weighted by molar-refractivity contribution is 7.99. The number of piperidine rings is 1. The lowest BCUT2D eigenvalue weighted by Crippen LogP contribution is -2.45. The van der Waals surface area contributed by atoms with Gasteiger partial charge < -0.3 is 30.9 Å². The topological polar surface area (TPSA) is 109 Å². The Balaban J connectivity index is 1.55. The molecule has 0 aliphatic carbocycles. The standard InChI is InChI=1S/C22H31N7O2S/c1-28-9-11-29(12-10-28)22-25-15-19(21(27-22)31-17-5-7-24-8-6-17)32-18-4-2-3-16(13-18)26-20(30)14-23/h2-4,13,15,17,24H,5-12,14,23H2,1H3,(H,26,30). The summed E-state index contributed by atoms with van der Waals surface area (Å²) in [6, 6.07) is 7.66. The summed E-state index contributed by atoms with van der Waals surface area (Å²) in [6.07, 6.45) is 3.91. The molecule has 32 heavy (non-hydrogen) atoms. The zero-order valence-electron chi connectivity index (χ0n) is 18.4.